The van der Waals surface area contributed by atoms with Gasteiger partial charge >= 0.3 is 0 Å². The van der Waals surface area contributed by atoms with Gasteiger partial charge in [0.05, 0.1) is 5.01 Å². The molecule has 0 saturated carbocycles. The number of halogens is 1. The van der Waals surface area contributed by atoms with Crippen molar-refractivity contribution in [2.45, 2.75) is 19.4 Å². The van der Waals surface area contributed by atoms with Gasteiger partial charge < -0.3 is 5.73 Å². The maximum absolute atomic E-state index is 6.17. The van der Waals surface area contributed by atoms with E-state index in [2.05, 4.69) is 46.0 Å². The van der Waals surface area contributed by atoms with E-state index < -0.39 is 0 Å². The summed E-state index contributed by atoms with van der Waals surface area (Å²) in [6, 6.07) is 6.30. The molecule has 4 heteroatoms. The summed E-state index contributed by atoms with van der Waals surface area (Å²) in [5, 5.41) is 3.07. The molecule has 2 N–H and O–H groups in total. The molecule has 0 aliphatic carbocycles. The van der Waals surface area contributed by atoms with Gasteiger partial charge in [0.1, 0.15) is 0 Å². The lowest BCUT2D eigenvalue weighted by Crippen LogP contribution is -2.13. The monoisotopic (exact) mass is 296 g/mol. The SMILES string of the molecule is Cc1cc(Br)cc(C(N)Cc2nccs2)c1. The summed E-state index contributed by atoms with van der Waals surface area (Å²) >= 11 is 5.14. The Balaban J connectivity index is 2.17. The molecule has 0 aliphatic heterocycles. The minimum Gasteiger partial charge on any atom is -0.324 e. The number of rotatable bonds is 3. The fraction of sp³-hybridized carbons (Fsp3) is 0.250. The molecule has 84 valence electrons. The zero-order chi connectivity index (χ0) is 11.5. The van der Waals surface area contributed by atoms with E-state index in [1.807, 2.05) is 11.6 Å². The number of hydrogen-bond donors (Lipinski definition) is 1. The van der Waals surface area contributed by atoms with Crippen LogP contribution in [0.1, 0.15) is 22.2 Å². The van der Waals surface area contributed by atoms with Gasteiger partial charge in [0.2, 0.25) is 0 Å². The zero-order valence-electron chi connectivity index (χ0n) is 8.98. The third kappa shape index (κ3) is 2.90. The minimum atomic E-state index is 0.0161. The molecule has 2 rings (SSSR count). The van der Waals surface area contributed by atoms with Gasteiger partial charge in [-0.1, -0.05) is 22.0 Å². The fourth-order valence-electron chi connectivity index (χ4n) is 1.64. The van der Waals surface area contributed by atoms with Crippen molar-refractivity contribution in [3.8, 4) is 0 Å². The highest BCUT2D eigenvalue weighted by Gasteiger charge is 2.09. The summed E-state index contributed by atoms with van der Waals surface area (Å²) in [4.78, 5) is 4.25. The van der Waals surface area contributed by atoms with Crippen LogP contribution >= 0.6 is 27.3 Å². The lowest BCUT2D eigenvalue weighted by molar-refractivity contribution is 0.716. The summed E-state index contributed by atoms with van der Waals surface area (Å²) in [7, 11) is 0. The number of aromatic nitrogens is 1. The molecule has 0 fully saturated rings. The van der Waals surface area contributed by atoms with Gasteiger partial charge in [0.25, 0.3) is 0 Å². The van der Waals surface area contributed by atoms with Crippen LogP contribution in [0.2, 0.25) is 0 Å². The molecule has 1 heterocycles. The predicted molar refractivity (Wildman–Crippen MR) is 71.6 cm³/mol. The second-order valence-corrected chi connectivity index (χ2v) is 5.69. The first kappa shape index (κ1) is 11.8. The van der Waals surface area contributed by atoms with Crippen LogP contribution in [0.15, 0.2) is 34.2 Å². The molecule has 0 radical (unpaired) electrons. The highest BCUT2D eigenvalue weighted by atomic mass is 79.9. The molecule has 1 aromatic heterocycles. The number of nitrogens with two attached hydrogens (primary N) is 1. The number of nitrogens with zero attached hydrogens (tertiary/aromatic N) is 1. The van der Waals surface area contributed by atoms with Crippen molar-refractivity contribution in [1.82, 2.24) is 4.98 Å². The van der Waals surface area contributed by atoms with Gasteiger partial charge in [-0.05, 0) is 30.2 Å². The Labute approximate surface area is 108 Å². The number of aryl methyl sites for hydroxylation is 1. The molecule has 1 unspecified atom stereocenters. The van der Waals surface area contributed by atoms with E-state index in [4.69, 9.17) is 5.73 Å². The lowest BCUT2D eigenvalue weighted by Gasteiger charge is -2.11. The summed E-state index contributed by atoms with van der Waals surface area (Å²) in [6.45, 7) is 2.07. The topological polar surface area (TPSA) is 38.9 Å². The van der Waals surface area contributed by atoms with E-state index in [-0.39, 0.29) is 6.04 Å². The van der Waals surface area contributed by atoms with Crippen molar-refractivity contribution < 1.29 is 0 Å². The van der Waals surface area contributed by atoms with Gasteiger partial charge in [0, 0.05) is 28.5 Å². The van der Waals surface area contributed by atoms with Crippen LogP contribution in [0.25, 0.3) is 0 Å². The molecule has 0 saturated heterocycles. The Hall–Kier alpha value is -0.710. The van der Waals surface area contributed by atoms with Crippen LogP contribution in [0, 0.1) is 6.92 Å². The van der Waals surface area contributed by atoms with Crippen LogP contribution < -0.4 is 5.73 Å². The van der Waals surface area contributed by atoms with Gasteiger partial charge in [0.15, 0.2) is 0 Å². The highest BCUT2D eigenvalue weighted by molar-refractivity contribution is 9.10. The van der Waals surface area contributed by atoms with Crippen molar-refractivity contribution in [3.63, 3.8) is 0 Å². The Bertz CT molecular complexity index is 448. The Morgan fingerprint density at radius 2 is 2.25 bits per heavy atom. The van der Waals surface area contributed by atoms with Crippen LogP contribution in [0.5, 0.6) is 0 Å². The first-order chi connectivity index (χ1) is 7.65. The normalized spacial score (nSPS) is 12.7. The molecule has 0 amide bonds. The predicted octanol–water partition coefficient (Wildman–Crippen LogP) is 3.46. The first-order valence-corrected chi connectivity index (χ1v) is 6.73. The number of benzene rings is 1. The van der Waals surface area contributed by atoms with Crippen LogP contribution in [0.3, 0.4) is 0 Å². The van der Waals surface area contributed by atoms with E-state index in [1.165, 1.54) is 5.56 Å². The molecular weight excluding hydrogens is 284 g/mol. The number of thiazole rings is 1. The van der Waals surface area contributed by atoms with E-state index in [0.29, 0.717) is 0 Å². The van der Waals surface area contributed by atoms with Crippen molar-refractivity contribution in [3.05, 3.63) is 50.4 Å². The Kier molecular flexibility index (Phi) is 3.74. The summed E-state index contributed by atoms with van der Waals surface area (Å²) < 4.78 is 1.08. The van der Waals surface area contributed by atoms with Crippen LogP contribution in [0.4, 0.5) is 0 Å². The third-order valence-electron chi connectivity index (χ3n) is 2.37. The van der Waals surface area contributed by atoms with Gasteiger partial charge in [-0.15, -0.1) is 11.3 Å². The van der Waals surface area contributed by atoms with Crippen LogP contribution in [-0.2, 0) is 6.42 Å². The maximum Gasteiger partial charge on any atom is 0.0943 e. The summed E-state index contributed by atoms with van der Waals surface area (Å²) in [6.07, 6.45) is 2.62. The van der Waals surface area contributed by atoms with Crippen molar-refractivity contribution in [2.75, 3.05) is 0 Å². The largest absolute Gasteiger partial charge is 0.324 e. The lowest BCUT2D eigenvalue weighted by atomic mass is 10.0. The standard InChI is InChI=1S/C12H13BrN2S/c1-8-4-9(6-10(13)5-8)11(14)7-12-15-2-3-16-12/h2-6,11H,7,14H2,1H3. The molecule has 16 heavy (non-hydrogen) atoms. The summed E-state index contributed by atoms with van der Waals surface area (Å²) in [5.41, 5.74) is 8.55. The summed E-state index contributed by atoms with van der Waals surface area (Å²) in [5.74, 6) is 0. The van der Waals surface area contributed by atoms with E-state index in [1.54, 1.807) is 11.3 Å². The molecule has 0 spiro atoms. The fourth-order valence-corrected chi connectivity index (χ4v) is 2.94. The first-order valence-electron chi connectivity index (χ1n) is 5.06. The second-order valence-electron chi connectivity index (χ2n) is 3.80. The van der Waals surface area contributed by atoms with Gasteiger partial charge in [-0.3, -0.25) is 0 Å². The second kappa shape index (κ2) is 5.08. The molecule has 0 aliphatic rings. The minimum absolute atomic E-state index is 0.0161. The average Bonchev–Trinajstić information content (AvgIpc) is 2.68. The van der Waals surface area contributed by atoms with E-state index in [0.717, 1.165) is 21.5 Å². The molecule has 2 aromatic rings. The maximum atomic E-state index is 6.17. The Morgan fingerprint density at radius 1 is 1.44 bits per heavy atom. The molecule has 1 atom stereocenters. The molecule has 0 bridgehead atoms. The van der Waals surface area contributed by atoms with Crippen molar-refractivity contribution >= 4 is 27.3 Å². The van der Waals surface area contributed by atoms with Crippen LogP contribution in [-0.4, -0.2) is 4.98 Å². The quantitative estimate of drug-likeness (QED) is 0.942. The average molecular weight is 297 g/mol. The molecule has 2 nitrogen and oxygen atoms in total. The van der Waals surface area contributed by atoms with Crippen molar-refractivity contribution in [2.24, 2.45) is 5.73 Å². The third-order valence-corrected chi connectivity index (χ3v) is 3.63. The van der Waals surface area contributed by atoms with E-state index >= 15 is 0 Å². The van der Waals surface area contributed by atoms with Gasteiger partial charge in [-0.2, -0.15) is 0 Å². The highest BCUT2D eigenvalue weighted by Crippen LogP contribution is 2.22. The van der Waals surface area contributed by atoms with Gasteiger partial charge in [-0.25, -0.2) is 4.98 Å². The molecular formula is C12H13BrN2S. The smallest absolute Gasteiger partial charge is 0.0943 e. The zero-order valence-corrected chi connectivity index (χ0v) is 11.4. The molecule has 1 aromatic carbocycles. The number of hydrogen-bond acceptors (Lipinski definition) is 3. The van der Waals surface area contributed by atoms with E-state index in [9.17, 15) is 0 Å². The Morgan fingerprint density at radius 3 is 2.88 bits per heavy atom. The van der Waals surface area contributed by atoms with Crippen molar-refractivity contribution in [1.29, 1.82) is 0 Å².